The van der Waals surface area contributed by atoms with Crippen molar-refractivity contribution in [3.05, 3.63) is 29.8 Å². The molecule has 2 N–H and O–H groups in total. The number of Topliss-reactive ketones (excluding diaryl/α,β-unsaturated/α-hetero) is 1. The molecule has 1 aromatic rings. The monoisotopic (exact) mass is 387 g/mol. The van der Waals surface area contributed by atoms with E-state index in [0.29, 0.717) is 5.56 Å². The van der Waals surface area contributed by atoms with Crippen LogP contribution in [0.15, 0.2) is 24.3 Å². The minimum Gasteiger partial charge on any atom is -0.542 e. The number of rotatable bonds is 3. The topological polar surface area (TPSA) is 83.0 Å². The van der Waals surface area contributed by atoms with E-state index in [0.717, 1.165) is 25.9 Å². The van der Waals surface area contributed by atoms with Crippen LogP contribution in [0.2, 0.25) is 0 Å². The van der Waals surface area contributed by atoms with Gasteiger partial charge >= 0.3 is 12.5 Å². The van der Waals surface area contributed by atoms with Crippen molar-refractivity contribution in [2.45, 2.75) is 25.4 Å². The molecular weight excluding hydrogens is 372 g/mol. The first kappa shape index (κ1) is 21.7. The SMILES string of the molecule is O=C([O-])C(F)(F)F.O=C(c1ccc(OC(F)(F)F)cc1)C1CC[NH2+]CC1. The number of quaternary nitrogens is 1. The largest absolute Gasteiger partial charge is 0.573 e. The van der Waals surface area contributed by atoms with E-state index in [1.54, 1.807) is 0 Å². The summed E-state index contributed by atoms with van der Waals surface area (Å²) in [6.07, 6.45) is -8.26. The van der Waals surface area contributed by atoms with Crippen molar-refractivity contribution in [3.8, 4) is 5.75 Å². The third-order valence-corrected chi connectivity index (χ3v) is 3.41. The van der Waals surface area contributed by atoms with Gasteiger partial charge in [0.2, 0.25) is 0 Å². The molecule has 0 bridgehead atoms. The van der Waals surface area contributed by atoms with Gasteiger partial charge in [0.1, 0.15) is 11.7 Å². The number of hydrogen-bond donors (Lipinski definition) is 1. The van der Waals surface area contributed by atoms with E-state index >= 15 is 0 Å². The molecule has 0 spiro atoms. The number of nitrogens with two attached hydrogens (primary N) is 1. The van der Waals surface area contributed by atoms with Gasteiger partial charge in [0.15, 0.2) is 5.78 Å². The molecule has 26 heavy (non-hydrogen) atoms. The van der Waals surface area contributed by atoms with Gasteiger partial charge in [-0.25, -0.2) is 0 Å². The minimum atomic E-state index is -5.19. The highest BCUT2D eigenvalue weighted by atomic mass is 19.4. The summed E-state index contributed by atoms with van der Waals surface area (Å²) in [5.41, 5.74) is 0.446. The Morgan fingerprint density at radius 3 is 1.85 bits per heavy atom. The fourth-order valence-corrected chi connectivity index (χ4v) is 2.25. The smallest absolute Gasteiger partial charge is 0.542 e. The third-order valence-electron chi connectivity index (χ3n) is 3.41. The average molecular weight is 387 g/mol. The first-order valence-electron chi connectivity index (χ1n) is 7.40. The molecule has 0 aromatic heterocycles. The third kappa shape index (κ3) is 7.72. The lowest BCUT2D eigenvalue weighted by Crippen LogP contribution is -2.86. The quantitative estimate of drug-likeness (QED) is 0.621. The number of alkyl halides is 6. The van der Waals surface area contributed by atoms with E-state index in [4.69, 9.17) is 9.90 Å². The summed E-state index contributed by atoms with van der Waals surface area (Å²) in [5, 5.41) is 10.9. The Hall–Kier alpha value is -2.30. The van der Waals surface area contributed by atoms with Crippen LogP contribution in [0.4, 0.5) is 26.3 Å². The summed E-state index contributed by atoms with van der Waals surface area (Å²) in [5.74, 6) is -3.32. The average Bonchev–Trinajstić information content (AvgIpc) is 2.54. The van der Waals surface area contributed by atoms with E-state index in [2.05, 4.69) is 10.1 Å². The predicted octanol–water partition coefficient (Wildman–Crippen LogP) is 1.04. The maximum absolute atomic E-state index is 12.1. The molecule has 2 rings (SSSR count). The standard InChI is InChI=1S/C13H14F3NO2.C2HF3O2/c14-13(15,16)19-11-3-1-9(2-4-11)12(18)10-5-7-17-8-6-10;3-2(4,5)1(6)7/h1-4,10,17H,5-8H2;(H,6,7). The summed E-state index contributed by atoms with van der Waals surface area (Å²) >= 11 is 0. The zero-order chi connectivity index (χ0) is 20.0. The molecule has 0 atom stereocenters. The number of aliphatic carboxylic acids is 1. The lowest BCUT2D eigenvalue weighted by atomic mass is 9.90. The van der Waals surface area contributed by atoms with Crippen LogP contribution in [-0.2, 0) is 4.79 Å². The lowest BCUT2D eigenvalue weighted by molar-refractivity contribution is -0.663. The maximum Gasteiger partial charge on any atom is 0.573 e. The summed E-state index contributed by atoms with van der Waals surface area (Å²) in [7, 11) is 0. The number of carbonyl (C=O) groups excluding carboxylic acids is 2. The highest BCUT2D eigenvalue weighted by Crippen LogP contribution is 2.24. The molecule has 1 aliphatic rings. The van der Waals surface area contributed by atoms with Crippen molar-refractivity contribution in [2.24, 2.45) is 5.92 Å². The molecule has 0 amide bonds. The van der Waals surface area contributed by atoms with Crippen LogP contribution in [0, 0.1) is 5.92 Å². The van der Waals surface area contributed by atoms with Gasteiger partial charge in [-0.2, -0.15) is 13.2 Å². The number of halogens is 6. The molecule has 146 valence electrons. The number of ketones is 1. The number of hydrogen-bond acceptors (Lipinski definition) is 4. The van der Waals surface area contributed by atoms with Crippen LogP contribution >= 0.6 is 0 Å². The normalized spacial score (nSPS) is 15.6. The van der Waals surface area contributed by atoms with Crippen molar-refractivity contribution in [1.82, 2.24) is 0 Å². The molecule has 1 saturated heterocycles. The number of carboxylic acid groups (broad SMARTS) is 1. The van der Waals surface area contributed by atoms with Crippen LogP contribution in [0.25, 0.3) is 0 Å². The van der Waals surface area contributed by atoms with Gasteiger partial charge in [-0.05, 0) is 24.3 Å². The number of carbonyl (C=O) groups is 2. The molecule has 0 radical (unpaired) electrons. The van der Waals surface area contributed by atoms with Gasteiger partial charge in [-0.3, -0.25) is 4.79 Å². The molecular formula is C15H15F6NO4. The number of piperidine rings is 1. The summed E-state index contributed by atoms with van der Waals surface area (Å²) in [4.78, 5) is 20.9. The van der Waals surface area contributed by atoms with Crippen molar-refractivity contribution < 1.29 is 51.1 Å². The lowest BCUT2D eigenvalue weighted by Gasteiger charge is -2.19. The van der Waals surface area contributed by atoms with Crippen molar-refractivity contribution in [2.75, 3.05) is 13.1 Å². The second-order valence-corrected chi connectivity index (χ2v) is 5.36. The maximum atomic E-state index is 12.1. The number of ether oxygens (including phenoxy) is 1. The van der Waals surface area contributed by atoms with Gasteiger partial charge in [-0.1, -0.05) is 0 Å². The zero-order valence-electron chi connectivity index (χ0n) is 13.2. The first-order chi connectivity index (χ1) is 11.9. The fraction of sp³-hybridized carbons (Fsp3) is 0.467. The number of benzene rings is 1. The molecule has 0 saturated carbocycles. The van der Waals surface area contributed by atoms with Gasteiger partial charge < -0.3 is 20.0 Å². The van der Waals surface area contributed by atoms with Crippen LogP contribution < -0.4 is 15.2 Å². The first-order valence-corrected chi connectivity index (χ1v) is 7.40. The van der Waals surface area contributed by atoms with Crippen LogP contribution in [-0.4, -0.2) is 37.4 Å². The Morgan fingerprint density at radius 2 is 1.46 bits per heavy atom. The second kappa shape index (κ2) is 8.88. The van der Waals surface area contributed by atoms with Gasteiger partial charge in [-0.15, -0.1) is 13.2 Å². The van der Waals surface area contributed by atoms with Crippen molar-refractivity contribution in [3.63, 3.8) is 0 Å². The van der Waals surface area contributed by atoms with Crippen LogP contribution in [0.1, 0.15) is 23.2 Å². The fourth-order valence-electron chi connectivity index (χ4n) is 2.25. The van der Waals surface area contributed by atoms with Gasteiger partial charge in [0, 0.05) is 24.3 Å². The molecule has 11 heteroatoms. The highest BCUT2D eigenvalue weighted by molar-refractivity contribution is 5.97. The molecule has 5 nitrogen and oxygen atoms in total. The van der Waals surface area contributed by atoms with E-state index in [9.17, 15) is 31.1 Å². The van der Waals surface area contributed by atoms with E-state index < -0.39 is 18.5 Å². The zero-order valence-corrected chi connectivity index (χ0v) is 13.2. The van der Waals surface area contributed by atoms with Gasteiger partial charge in [0.25, 0.3) is 0 Å². The Kier molecular flexibility index (Phi) is 7.42. The number of carboxylic acids is 1. The van der Waals surface area contributed by atoms with Crippen molar-refractivity contribution in [1.29, 1.82) is 0 Å². The van der Waals surface area contributed by atoms with E-state index in [1.165, 1.54) is 24.3 Å². The highest BCUT2D eigenvalue weighted by Gasteiger charge is 2.31. The molecule has 1 heterocycles. The summed E-state index contributed by atoms with van der Waals surface area (Å²) in [6.45, 7) is 1.84. The van der Waals surface area contributed by atoms with Crippen molar-refractivity contribution >= 4 is 11.8 Å². The van der Waals surface area contributed by atoms with Gasteiger partial charge in [0.05, 0.1) is 13.1 Å². The van der Waals surface area contributed by atoms with Crippen LogP contribution in [0.3, 0.4) is 0 Å². The Balaban J connectivity index is 0.000000412. The van der Waals surface area contributed by atoms with E-state index in [1.807, 2.05) is 0 Å². The summed E-state index contributed by atoms with van der Waals surface area (Å²) in [6, 6.07) is 5.13. The minimum absolute atomic E-state index is 0.00617. The molecule has 0 unspecified atom stereocenters. The molecule has 0 aliphatic carbocycles. The van der Waals surface area contributed by atoms with E-state index in [-0.39, 0.29) is 17.5 Å². The van der Waals surface area contributed by atoms with Crippen LogP contribution in [0.5, 0.6) is 5.75 Å². The molecule has 1 fully saturated rings. The predicted molar refractivity (Wildman–Crippen MR) is 72.9 cm³/mol. The Morgan fingerprint density at radius 1 is 1.00 bits per heavy atom. The summed E-state index contributed by atoms with van der Waals surface area (Å²) < 4.78 is 71.3. The molecule has 1 aliphatic heterocycles. The second-order valence-electron chi connectivity index (χ2n) is 5.36. The Bertz CT molecular complexity index is 606. The Labute approximate surface area is 143 Å². The molecule has 1 aromatic carbocycles.